The maximum absolute atomic E-state index is 13.7. The number of urea groups is 1. The van der Waals surface area contributed by atoms with Crippen LogP contribution in [-0.2, 0) is 28.1 Å². The highest BCUT2D eigenvalue weighted by Crippen LogP contribution is 2.33. The predicted molar refractivity (Wildman–Crippen MR) is 129 cm³/mol. The number of carbonyl (C=O) groups is 3. The van der Waals surface area contributed by atoms with E-state index in [1.165, 1.54) is 11.3 Å². The molecule has 0 spiro atoms. The molecule has 0 aliphatic carbocycles. The fraction of sp³-hybridized carbons (Fsp3) is 0.240. The number of thiophene rings is 1. The van der Waals surface area contributed by atoms with Gasteiger partial charge in [-0.15, -0.1) is 11.3 Å². The molecule has 1 N–H and O–H groups in total. The number of hydrogen-bond donors (Lipinski definition) is 1. The number of hydrogen-bond acceptors (Lipinski definition) is 4. The zero-order valence-electron chi connectivity index (χ0n) is 18.2. The molecular weight excluding hydrogens is 458 g/mol. The molecule has 0 saturated carbocycles. The highest BCUT2D eigenvalue weighted by atomic mass is 35.5. The van der Waals surface area contributed by atoms with Crippen molar-refractivity contribution in [3.05, 3.63) is 93.1 Å². The monoisotopic (exact) mass is 481 g/mol. The van der Waals surface area contributed by atoms with Crippen LogP contribution < -0.4 is 5.32 Å². The summed E-state index contributed by atoms with van der Waals surface area (Å²) in [6, 6.07) is 21.8. The summed E-state index contributed by atoms with van der Waals surface area (Å²) in [6.45, 7) is 2.37. The Labute approximate surface area is 201 Å². The van der Waals surface area contributed by atoms with Crippen LogP contribution in [0.15, 0.2) is 72.8 Å². The Hall–Kier alpha value is -3.16. The number of amides is 4. The second kappa shape index (κ2) is 9.77. The molecule has 1 fully saturated rings. The third-order valence-corrected chi connectivity index (χ3v) is 6.97. The van der Waals surface area contributed by atoms with E-state index in [1.54, 1.807) is 11.0 Å². The van der Waals surface area contributed by atoms with Crippen molar-refractivity contribution in [1.29, 1.82) is 0 Å². The molecule has 1 aliphatic heterocycles. The van der Waals surface area contributed by atoms with Crippen LogP contribution in [0.4, 0.5) is 4.79 Å². The number of benzene rings is 2. The molecule has 1 aromatic heterocycles. The molecule has 1 aliphatic rings. The molecule has 6 nitrogen and oxygen atoms in total. The van der Waals surface area contributed by atoms with Gasteiger partial charge in [0.1, 0.15) is 6.54 Å². The van der Waals surface area contributed by atoms with Crippen LogP contribution >= 0.6 is 22.9 Å². The van der Waals surface area contributed by atoms with Crippen LogP contribution in [0.25, 0.3) is 0 Å². The molecule has 4 rings (SSSR count). The lowest BCUT2D eigenvalue weighted by atomic mass is 9.83. The van der Waals surface area contributed by atoms with Gasteiger partial charge in [-0.1, -0.05) is 72.3 Å². The van der Waals surface area contributed by atoms with Crippen LogP contribution in [0.3, 0.4) is 0 Å². The van der Waals surface area contributed by atoms with Gasteiger partial charge in [0.05, 0.1) is 10.9 Å². The topological polar surface area (TPSA) is 69.7 Å². The van der Waals surface area contributed by atoms with E-state index < -0.39 is 17.5 Å². The molecule has 3 aromatic rings. The van der Waals surface area contributed by atoms with Gasteiger partial charge >= 0.3 is 6.03 Å². The standard InChI is InChI=1S/C25H24ClN3O3S/c1-2-28(16-20-13-14-21(26)33-20)22(30)17-29-23(31)25(27-24(29)32,19-11-7-4-8-12-19)15-18-9-5-3-6-10-18/h3-14H,2,15-17H2,1H3,(H,27,32)/t25-/m1/s1. The maximum Gasteiger partial charge on any atom is 0.325 e. The minimum absolute atomic E-state index is 0.290. The summed E-state index contributed by atoms with van der Waals surface area (Å²) < 4.78 is 0.649. The lowest BCUT2D eigenvalue weighted by molar-refractivity contribution is -0.139. The number of carbonyl (C=O) groups excluding carboxylic acids is 3. The Bertz CT molecular complexity index is 1150. The van der Waals surface area contributed by atoms with Crippen LogP contribution in [-0.4, -0.2) is 40.7 Å². The first-order valence-corrected chi connectivity index (χ1v) is 11.9. The van der Waals surface area contributed by atoms with E-state index >= 15 is 0 Å². The summed E-state index contributed by atoms with van der Waals surface area (Å²) in [7, 11) is 0. The van der Waals surface area contributed by atoms with Crippen LogP contribution in [0.2, 0.25) is 4.34 Å². The first kappa shape index (κ1) is 23.0. The fourth-order valence-corrected chi connectivity index (χ4v) is 5.15. The lowest BCUT2D eigenvalue weighted by Gasteiger charge is -2.28. The largest absolute Gasteiger partial charge is 0.336 e. The average Bonchev–Trinajstić information content (AvgIpc) is 3.34. The fourth-order valence-electron chi connectivity index (χ4n) is 4.05. The first-order chi connectivity index (χ1) is 15.9. The van der Waals surface area contributed by atoms with Crippen molar-refractivity contribution in [2.24, 2.45) is 0 Å². The van der Waals surface area contributed by atoms with E-state index in [-0.39, 0.29) is 18.9 Å². The van der Waals surface area contributed by atoms with Crippen molar-refractivity contribution in [2.45, 2.75) is 25.4 Å². The summed E-state index contributed by atoms with van der Waals surface area (Å²) in [4.78, 5) is 43.3. The molecule has 1 atom stereocenters. The second-order valence-electron chi connectivity index (χ2n) is 7.87. The Kier molecular flexibility index (Phi) is 6.81. The Balaban J connectivity index is 1.59. The van der Waals surface area contributed by atoms with Gasteiger partial charge < -0.3 is 10.2 Å². The smallest absolute Gasteiger partial charge is 0.325 e. The summed E-state index contributed by atoms with van der Waals surface area (Å²) in [5, 5.41) is 2.90. The Morgan fingerprint density at radius 3 is 2.30 bits per heavy atom. The molecule has 4 amide bonds. The lowest BCUT2D eigenvalue weighted by Crippen LogP contribution is -2.47. The van der Waals surface area contributed by atoms with E-state index in [1.807, 2.05) is 73.7 Å². The predicted octanol–water partition coefficient (Wildman–Crippen LogP) is 4.44. The van der Waals surface area contributed by atoms with Crippen molar-refractivity contribution in [3.63, 3.8) is 0 Å². The molecule has 0 unspecified atom stereocenters. The SMILES string of the molecule is CCN(Cc1ccc(Cl)s1)C(=O)CN1C(=O)N[C@](Cc2ccccc2)(c2ccccc2)C1=O. The molecule has 0 radical (unpaired) electrons. The molecular formula is C25H24ClN3O3S. The number of nitrogens with one attached hydrogen (secondary N) is 1. The van der Waals surface area contributed by atoms with Gasteiger partial charge in [-0.3, -0.25) is 14.5 Å². The molecule has 2 heterocycles. The van der Waals surface area contributed by atoms with Crippen molar-refractivity contribution in [3.8, 4) is 0 Å². The number of halogens is 1. The van der Waals surface area contributed by atoms with E-state index in [0.717, 1.165) is 15.3 Å². The average molecular weight is 482 g/mol. The van der Waals surface area contributed by atoms with Crippen LogP contribution in [0.5, 0.6) is 0 Å². The van der Waals surface area contributed by atoms with Gasteiger partial charge in [0.2, 0.25) is 5.91 Å². The molecule has 170 valence electrons. The van der Waals surface area contributed by atoms with Gasteiger partial charge in [0.15, 0.2) is 5.54 Å². The normalized spacial score (nSPS) is 17.8. The molecule has 0 bridgehead atoms. The van der Waals surface area contributed by atoms with Crippen LogP contribution in [0.1, 0.15) is 22.9 Å². The van der Waals surface area contributed by atoms with Crippen LogP contribution in [0, 0.1) is 0 Å². The zero-order chi connectivity index (χ0) is 23.4. The van der Waals surface area contributed by atoms with E-state index in [2.05, 4.69) is 5.32 Å². The van der Waals surface area contributed by atoms with E-state index in [4.69, 9.17) is 11.6 Å². The maximum atomic E-state index is 13.7. The summed E-state index contributed by atoms with van der Waals surface area (Å²) in [6.07, 6.45) is 0.290. The molecule has 1 saturated heterocycles. The first-order valence-electron chi connectivity index (χ1n) is 10.7. The summed E-state index contributed by atoms with van der Waals surface area (Å²) in [5.41, 5.74) is 0.328. The summed E-state index contributed by atoms with van der Waals surface area (Å²) >= 11 is 7.41. The zero-order valence-corrected chi connectivity index (χ0v) is 19.7. The molecule has 2 aromatic carbocycles. The van der Waals surface area contributed by atoms with Gasteiger partial charge in [-0.05, 0) is 30.2 Å². The quantitative estimate of drug-likeness (QED) is 0.483. The minimum atomic E-state index is -1.27. The minimum Gasteiger partial charge on any atom is -0.336 e. The Morgan fingerprint density at radius 2 is 1.70 bits per heavy atom. The number of imide groups is 1. The van der Waals surface area contributed by atoms with Crippen molar-refractivity contribution >= 4 is 40.8 Å². The second-order valence-corrected chi connectivity index (χ2v) is 9.67. The highest BCUT2D eigenvalue weighted by Gasteiger charge is 2.52. The third-order valence-electron chi connectivity index (χ3n) is 5.76. The Morgan fingerprint density at radius 1 is 1.03 bits per heavy atom. The van der Waals surface area contributed by atoms with Gasteiger partial charge in [0, 0.05) is 17.8 Å². The molecule has 33 heavy (non-hydrogen) atoms. The summed E-state index contributed by atoms with van der Waals surface area (Å²) in [5.74, 6) is -0.722. The highest BCUT2D eigenvalue weighted by molar-refractivity contribution is 7.16. The van der Waals surface area contributed by atoms with Gasteiger partial charge in [0.25, 0.3) is 5.91 Å². The van der Waals surface area contributed by atoms with Gasteiger partial charge in [-0.25, -0.2) is 4.79 Å². The number of rotatable bonds is 8. The van der Waals surface area contributed by atoms with Gasteiger partial charge in [-0.2, -0.15) is 0 Å². The third kappa shape index (κ3) is 4.79. The van der Waals surface area contributed by atoms with Crippen molar-refractivity contribution < 1.29 is 14.4 Å². The number of likely N-dealkylation sites (N-methyl/N-ethyl adjacent to an activating group) is 1. The molecule has 8 heteroatoms. The van der Waals surface area contributed by atoms with Crippen molar-refractivity contribution in [2.75, 3.05) is 13.1 Å². The van der Waals surface area contributed by atoms with Crippen molar-refractivity contribution in [1.82, 2.24) is 15.1 Å². The van der Waals surface area contributed by atoms with E-state index in [0.29, 0.717) is 23.0 Å². The number of nitrogens with zero attached hydrogens (tertiary/aromatic N) is 2. The van der Waals surface area contributed by atoms with E-state index in [9.17, 15) is 14.4 Å².